The van der Waals surface area contributed by atoms with E-state index in [2.05, 4.69) is 0 Å². The van der Waals surface area contributed by atoms with E-state index in [1.165, 1.54) is 0 Å². The molecule has 0 aromatic carbocycles. The maximum Gasteiger partial charge on any atom is 0.125 e. The molecule has 0 radical (unpaired) electrons. The van der Waals surface area contributed by atoms with Crippen molar-refractivity contribution in [3.8, 4) is 0 Å². The van der Waals surface area contributed by atoms with Crippen LogP contribution in [0.5, 0.6) is 0 Å². The molecular weight excluding hydrogens is 178 g/mol. The molecule has 3 nitrogen and oxygen atoms in total. The van der Waals surface area contributed by atoms with Gasteiger partial charge in [-0.05, 0) is 33.2 Å². The summed E-state index contributed by atoms with van der Waals surface area (Å²) < 4.78 is 5.67. The Hall–Kier alpha value is -0.410. The van der Waals surface area contributed by atoms with E-state index in [9.17, 15) is 4.79 Å². The number of carbonyl (C=O) groups excluding carboxylic acids is 1. The number of hydrogen-bond donors (Lipinski definition) is 1. The molecule has 0 saturated heterocycles. The van der Waals surface area contributed by atoms with Crippen LogP contribution >= 0.6 is 0 Å². The first-order valence-electron chi connectivity index (χ1n) is 5.13. The van der Waals surface area contributed by atoms with E-state index >= 15 is 0 Å². The van der Waals surface area contributed by atoms with Gasteiger partial charge in [0.1, 0.15) is 6.29 Å². The van der Waals surface area contributed by atoms with Crippen LogP contribution in [-0.2, 0) is 9.53 Å². The monoisotopic (exact) mass is 201 g/mol. The lowest BCUT2D eigenvalue weighted by atomic mass is 9.92. The molecule has 0 amide bonds. The quantitative estimate of drug-likeness (QED) is 0.638. The molecule has 0 aromatic rings. The van der Waals surface area contributed by atoms with Crippen LogP contribution in [0.3, 0.4) is 0 Å². The summed E-state index contributed by atoms with van der Waals surface area (Å²) in [5, 5.41) is 0. The third-order valence-corrected chi connectivity index (χ3v) is 2.30. The largest absolute Gasteiger partial charge is 0.375 e. The van der Waals surface area contributed by atoms with Crippen LogP contribution in [0.25, 0.3) is 0 Å². The van der Waals surface area contributed by atoms with Crippen molar-refractivity contribution in [2.24, 2.45) is 11.1 Å². The molecule has 0 aliphatic rings. The Kier molecular flexibility index (Phi) is 5.31. The van der Waals surface area contributed by atoms with E-state index in [-0.39, 0.29) is 11.0 Å². The summed E-state index contributed by atoms with van der Waals surface area (Å²) in [6.07, 6.45) is 2.57. The van der Waals surface area contributed by atoms with Crippen LogP contribution in [0.15, 0.2) is 0 Å². The Morgan fingerprint density at radius 3 is 2.21 bits per heavy atom. The summed E-state index contributed by atoms with van der Waals surface area (Å²) >= 11 is 0. The lowest BCUT2D eigenvalue weighted by Crippen LogP contribution is -2.29. The molecule has 0 saturated carbocycles. The molecule has 0 bridgehead atoms. The van der Waals surface area contributed by atoms with Crippen molar-refractivity contribution in [1.29, 1.82) is 0 Å². The van der Waals surface area contributed by atoms with Gasteiger partial charge in [-0.1, -0.05) is 13.8 Å². The topological polar surface area (TPSA) is 52.3 Å². The van der Waals surface area contributed by atoms with Crippen LogP contribution in [0.1, 0.15) is 40.5 Å². The molecule has 0 aromatic heterocycles. The molecule has 84 valence electrons. The molecule has 0 aliphatic heterocycles. The van der Waals surface area contributed by atoms with E-state index < -0.39 is 0 Å². The second kappa shape index (κ2) is 5.47. The molecule has 0 atom stereocenters. The third-order valence-electron chi connectivity index (χ3n) is 2.30. The Balaban J connectivity index is 3.78. The summed E-state index contributed by atoms with van der Waals surface area (Å²) in [5.41, 5.74) is 5.01. The number of aldehydes is 1. The molecule has 2 N–H and O–H groups in total. The van der Waals surface area contributed by atoms with Gasteiger partial charge < -0.3 is 15.3 Å². The van der Waals surface area contributed by atoms with Crippen molar-refractivity contribution in [2.75, 3.05) is 13.2 Å². The zero-order valence-corrected chi connectivity index (χ0v) is 9.80. The average Bonchev–Trinajstić information content (AvgIpc) is 2.03. The van der Waals surface area contributed by atoms with Gasteiger partial charge in [-0.15, -0.1) is 0 Å². The minimum absolute atomic E-state index is 0.173. The predicted octanol–water partition coefficient (Wildman–Crippen LogP) is 1.75. The van der Waals surface area contributed by atoms with Gasteiger partial charge in [-0.2, -0.15) is 0 Å². The van der Waals surface area contributed by atoms with Crippen molar-refractivity contribution in [3.63, 3.8) is 0 Å². The Labute approximate surface area is 87.0 Å². The van der Waals surface area contributed by atoms with Crippen molar-refractivity contribution in [3.05, 3.63) is 0 Å². The van der Waals surface area contributed by atoms with E-state index in [0.717, 1.165) is 19.1 Å². The maximum absolute atomic E-state index is 10.6. The van der Waals surface area contributed by atoms with Crippen molar-refractivity contribution >= 4 is 6.29 Å². The second-order valence-electron chi connectivity index (χ2n) is 5.00. The molecule has 0 spiro atoms. The zero-order chi connectivity index (χ0) is 11.2. The lowest BCUT2D eigenvalue weighted by molar-refractivity contribution is -0.116. The van der Waals surface area contributed by atoms with Crippen LogP contribution in [-0.4, -0.2) is 25.0 Å². The Morgan fingerprint density at radius 1 is 1.21 bits per heavy atom. The minimum atomic E-state index is -0.279. The van der Waals surface area contributed by atoms with Crippen LogP contribution in [0, 0.1) is 5.41 Å². The summed E-state index contributed by atoms with van der Waals surface area (Å²) in [6, 6.07) is 0. The number of rotatable bonds is 7. The predicted molar refractivity (Wildman–Crippen MR) is 58.2 cm³/mol. The highest BCUT2D eigenvalue weighted by Gasteiger charge is 2.20. The first-order valence-corrected chi connectivity index (χ1v) is 5.13. The number of carbonyl (C=O) groups is 1. The maximum atomic E-state index is 10.6. The minimum Gasteiger partial charge on any atom is -0.375 e. The van der Waals surface area contributed by atoms with E-state index in [0.29, 0.717) is 13.2 Å². The van der Waals surface area contributed by atoms with Gasteiger partial charge in [0.05, 0.1) is 5.60 Å². The molecule has 3 heteroatoms. The second-order valence-corrected chi connectivity index (χ2v) is 5.00. The smallest absolute Gasteiger partial charge is 0.125 e. The van der Waals surface area contributed by atoms with Crippen LogP contribution < -0.4 is 5.73 Å². The summed E-state index contributed by atoms with van der Waals surface area (Å²) in [7, 11) is 0. The molecule has 0 unspecified atom stereocenters. The Morgan fingerprint density at radius 2 is 1.79 bits per heavy atom. The molecule has 0 fully saturated rings. The molecule has 0 rings (SSSR count). The van der Waals surface area contributed by atoms with Gasteiger partial charge in [-0.3, -0.25) is 0 Å². The van der Waals surface area contributed by atoms with Crippen LogP contribution in [0.2, 0.25) is 0 Å². The standard InChI is InChI=1S/C11H23NO2/c1-10(2,9-13)6-8-14-11(3,4)5-7-12/h9H,5-8,12H2,1-4H3. The lowest BCUT2D eigenvalue weighted by Gasteiger charge is -2.26. The van der Waals surface area contributed by atoms with E-state index in [1.807, 2.05) is 27.7 Å². The number of hydrogen-bond acceptors (Lipinski definition) is 3. The number of ether oxygens (including phenoxy) is 1. The molecular formula is C11H23NO2. The van der Waals surface area contributed by atoms with Crippen molar-refractivity contribution < 1.29 is 9.53 Å². The highest BCUT2D eigenvalue weighted by Crippen LogP contribution is 2.20. The summed E-state index contributed by atoms with van der Waals surface area (Å²) in [6.45, 7) is 9.11. The zero-order valence-electron chi connectivity index (χ0n) is 9.80. The number of nitrogens with two attached hydrogens (primary N) is 1. The van der Waals surface area contributed by atoms with Gasteiger partial charge in [0.15, 0.2) is 0 Å². The Bertz CT molecular complexity index is 176. The summed E-state index contributed by atoms with van der Waals surface area (Å²) in [5.74, 6) is 0. The fraction of sp³-hybridized carbons (Fsp3) is 0.909. The molecule has 14 heavy (non-hydrogen) atoms. The van der Waals surface area contributed by atoms with E-state index in [4.69, 9.17) is 10.5 Å². The van der Waals surface area contributed by atoms with Gasteiger partial charge in [0, 0.05) is 12.0 Å². The highest BCUT2D eigenvalue weighted by atomic mass is 16.5. The molecule has 0 heterocycles. The average molecular weight is 201 g/mol. The van der Waals surface area contributed by atoms with Gasteiger partial charge in [0.25, 0.3) is 0 Å². The summed E-state index contributed by atoms with van der Waals surface area (Å²) in [4.78, 5) is 10.6. The fourth-order valence-electron chi connectivity index (χ4n) is 1.07. The van der Waals surface area contributed by atoms with Crippen molar-refractivity contribution in [1.82, 2.24) is 0 Å². The van der Waals surface area contributed by atoms with Gasteiger partial charge in [-0.25, -0.2) is 0 Å². The van der Waals surface area contributed by atoms with E-state index in [1.54, 1.807) is 0 Å². The third kappa shape index (κ3) is 6.11. The highest BCUT2D eigenvalue weighted by molar-refractivity contribution is 5.57. The molecule has 0 aliphatic carbocycles. The first-order chi connectivity index (χ1) is 6.33. The SMILES string of the molecule is CC(C)(C=O)CCOC(C)(C)CCN. The fourth-order valence-corrected chi connectivity index (χ4v) is 1.07. The van der Waals surface area contributed by atoms with Crippen LogP contribution in [0.4, 0.5) is 0 Å². The van der Waals surface area contributed by atoms with Gasteiger partial charge in [0.2, 0.25) is 0 Å². The first kappa shape index (κ1) is 13.6. The normalized spacial score (nSPS) is 12.9. The van der Waals surface area contributed by atoms with Crippen molar-refractivity contribution in [2.45, 2.75) is 46.1 Å². The van der Waals surface area contributed by atoms with Gasteiger partial charge >= 0.3 is 0 Å².